The Morgan fingerprint density at radius 1 is 1.32 bits per heavy atom. The Bertz CT molecular complexity index is 469. The maximum absolute atomic E-state index is 12.3. The van der Waals surface area contributed by atoms with E-state index in [1.54, 1.807) is 18.2 Å². The molecule has 0 spiro atoms. The zero-order chi connectivity index (χ0) is 14.0. The van der Waals surface area contributed by atoms with Crippen LogP contribution in [0.1, 0.15) is 37.0 Å². The lowest BCUT2D eigenvalue weighted by atomic mass is 10.1. The fraction of sp³-hybridized carbons (Fsp3) is 0.533. The minimum absolute atomic E-state index is 0.117. The molecule has 2 nitrogen and oxygen atoms in total. The summed E-state index contributed by atoms with van der Waals surface area (Å²) < 4.78 is 0. The smallest absolute Gasteiger partial charge is 0.176 e. The topological polar surface area (TPSA) is 20.3 Å². The monoisotopic (exact) mass is 299 g/mol. The summed E-state index contributed by atoms with van der Waals surface area (Å²) in [5.74, 6) is 0.688. The number of nitrogens with zero attached hydrogens (tertiary/aromatic N) is 1. The second kappa shape index (κ2) is 6.25. The first-order valence-electron chi connectivity index (χ1n) is 6.69. The first-order valence-corrected chi connectivity index (χ1v) is 7.45. The highest BCUT2D eigenvalue weighted by molar-refractivity contribution is 6.42. The van der Waals surface area contributed by atoms with Gasteiger partial charge in [0.05, 0.1) is 16.6 Å². The van der Waals surface area contributed by atoms with Crippen LogP contribution in [-0.2, 0) is 0 Å². The average molecular weight is 300 g/mol. The third-order valence-corrected chi connectivity index (χ3v) is 3.99. The summed E-state index contributed by atoms with van der Waals surface area (Å²) in [6, 6.07) is 5.68. The molecule has 0 N–H and O–H groups in total. The van der Waals surface area contributed by atoms with Crippen molar-refractivity contribution < 1.29 is 4.79 Å². The zero-order valence-corrected chi connectivity index (χ0v) is 12.8. The van der Waals surface area contributed by atoms with Gasteiger partial charge in [-0.25, -0.2) is 0 Å². The summed E-state index contributed by atoms with van der Waals surface area (Å²) in [4.78, 5) is 14.6. The normalized spacial score (nSPS) is 15.3. The van der Waals surface area contributed by atoms with Gasteiger partial charge in [-0.15, -0.1) is 0 Å². The molecule has 4 heteroatoms. The molecule has 0 amide bonds. The van der Waals surface area contributed by atoms with Crippen molar-refractivity contribution in [3.05, 3.63) is 33.8 Å². The standard InChI is InChI=1S/C15H19Cl2NO/c1-10(2)8-18(12-4-5-12)9-15(19)11-3-6-13(16)14(17)7-11/h3,6-7,10,12H,4-5,8-9H2,1-2H3. The fourth-order valence-corrected chi connectivity index (χ4v) is 2.49. The van der Waals surface area contributed by atoms with Crippen molar-refractivity contribution in [2.75, 3.05) is 13.1 Å². The third kappa shape index (κ3) is 4.20. The van der Waals surface area contributed by atoms with Crippen molar-refractivity contribution in [2.24, 2.45) is 5.92 Å². The van der Waals surface area contributed by atoms with Crippen LogP contribution in [-0.4, -0.2) is 29.8 Å². The van der Waals surface area contributed by atoms with Gasteiger partial charge in [0, 0.05) is 18.2 Å². The molecule has 0 radical (unpaired) electrons. The summed E-state index contributed by atoms with van der Waals surface area (Å²) in [6.07, 6.45) is 2.42. The number of halogens is 2. The van der Waals surface area contributed by atoms with E-state index >= 15 is 0 Å². The molecule has 2 rings (SSSR count). The van der Waals surface area contributed by atoms with Gasteiger partial charge in [-0.2, -0.15) is 0 Å². The predicted octanol–water partition coefficient (Wildman–Crippen LogP) is 4.30. The maximum Gasteiger partial charge on any atom is 0.176 e. The number of benzene rings is 1. The molecule has 0 heterocycles. The van der Waals surface area contributed by atoms with Gasteiger partial charge in [-0.1, -0.05) is 37.0 Å². The number of hydrogen-bond donors (Lipinski definition) is 0. The summed E-state index contributed by atoms with van der Waals surface area (Å²) in [7, 11) is 0. The van der Waals surface area contributed by atoms with Gasteiger partial charge in [0.1, 0.15) is 0 Å². The number of carbonyl (C=O) groups is 1. The molecule has 0 aromatic heterocycles. The third-order valence-electron chi connectivity index (χ3n) is 3.25. The van der Waals surface area contributed by atoms with Crippen LogP contribution in [0.15, 0.2) is 18.2 Å². The van der Waals surface area contributed by atoms with Crippen molar-refractivity contribution in [3.8, 4) is 0 Å². The Kier molecular flexibility index (Phi) is 4.88. The van der Waals surface area contributed by atoms with Crippen LogP contribution < -0.4 is 0 Å². The number of Topliss-reactive ketones (excluding diaryl/α,β-unsaturated/α-hetero) is 1. The Hall–Kier alpha value is -0.570. The summed E-state index contributed by atoms with van der Waals surface area (Å²) in [5.41, 5.74) is 0.642. The summed E-state index contributed by atoms with van der Waals surface area (Å²) in [5, 5.41) is 0.925. The van der Waals surface area contributed by atoms with E-state index in [2.05, 4.69) is 18.7 Å². The van der Waals surface area contributed by atoms with Crippen molar-refractivity contribution in [1.29, 1.82) is 0 Å². The van der Waals surface area contributed by atoms with E-state index < -0.39 is 0 Å². The second-order valence-electron chi connectivity index (χ2n) is 5.61. The van der Waals surface area contributed by atoms with Crippen molar-refractivity contribution in [3.63, 3.8) is 0 Å². The first kappa shape index (κ1) is 14.8. The highest BCUT2D eigenvalue weighted by atomic mass is 35.5. The molecule has 0 unspecified atom stereocenters. The maximum atomic E-state index is 12.3. The summed E-state index contributed by atoms with van der Waals surface area (Å²) in [6.45, 7) is 5.80. The van der Waals surface area contributed by atoms with Crippen LogP contribution in [0.4, 0.5) is 0 Å². The largest absolute Gasteiger partial charge is 0.293 e. The van der Waals surface area contributed by atoms with Crippen LogP contribution in [0.25, 0.3) is 0 Å². The molecule has 1 saturated carbocycles. The first-order chi connectivity index (χ1) is 8.97. The van der Waals surface area contributed by atoms with E-state index in [4.69, 9.17) is 23.2 Å². The van der Waals surface area contributed by atoms with E-state index in [-0.39, 0.29) is 5.78 Å². The highest BCUT2D eigenvalue weighted by Crippen LogP contribution is 2.28. The van der Waals surface area contributed by atoms with E-state index in [1.807, 2.05) is 0 Å². The zero-order valence-electron chi connectivity index (χ0n) is 11.3. The molecule has 0 saturated heterocycles. The molecule has 1 aromatic carbocycles. The predicted molar refractivity (Wildman–Crippen MR) is 80.2 cm³/mol. The number of ketones is 1. The van der Waals surface area contributed by atoms with Gasteiger partial charge in [0.25, 0.3) is 0 Å². The van der Waals surface area contributed by atoms with Gasteiger partial charge < -0.3 is 0 Å². The lowest BCUT2D eigenvalue weighted by Gasteiger charge is -2.23. The van der Waals surface area contributed by atoms with Crippen LogP contribution >= 0.6 is 23.2 Å². The average Bonchev–Trinajstić information content (AvgIpc) is 3.15. The Morgan fingerprint density at radius 2 is 2.00 bits per heavy atom. The van der Waals surface area contributed by atoms with Crippen LogP contribution in [0.3, 0.4) is 0 Å². The molecule has 1 aliphatic rings. The van der Waals surface area contributed by atoms with E-state index in [9.17, 15) is 4.79 Å². The molecule has 0 atom stereocenters. The van der Waals surface area contributed by atoms with Crippen LogP contribution in [0, 0.1) is 5.92 Å². The van der Waals surface area contributed by atoms with Gasteiger partial charge in [0.2, 0.25) is 0 Å². The Morgan fingerprint density at radius 3 is 2.53 bits per heavy atom. The number of rotatable bonds is 6. The van der Waals surface area contributed by atoms with Crippen LogP contribution in [0.5, 0.6) is 0 Å². The van der Waals surface area contributed by atoms with Gasteiger partial charge in [-0.3, -0.25) is 9.69 Å². The van der Waals surface area contributed by atoms with Crippen LogP contribution in [0.2, 0.25) is 10.0 Å². The van der Waals surface area contributed by atoms with E-state index in [1.165, 1.54) is 12.8 Å². The van der Waals surface area contributed by atoms with E-state index in [0.717, 1.165) is 6.54 Å². The quantitative estimate of drug-likeness (QED) is 0.730. The molecule has 0 bridgehead atoms. The van der Waals surface area contributed by atoms with Crippen molar-refractivity contribution >= 4 is 29.0 Å². The fourth-order valence-electron chi connectivity index (χ4n) is 2.20. The molecular weight excluding hydrogens is 281 g/mol. The molecular formula is C15H19Cl2NO. The Balaban J connectivity index is 2.03. The SMILES string of the molecule is CC(C)CN(CC(=O)c1ccc(Cl)c(Cl)c1)C1CC1. The molecule has 19 heavy (non-hydrogen) atoms. The number of hydrogen-bond acceptors (Lipinski definition) is 2. The van der Waals surface area contributed by atoms with Gasteiger partial charge in [0.15, 0.2) is 5.78 Å². The molecule has 1 aliphatic carbocycles. The lowest BCUT2D eigenvalue weighted by molar-refractivity contribution is 0.0915. The molecule has 104 valence electrons. The Labute approximate surface area is 124 Å². The molecule has 1 fully saturated rings. The summed E-state index contributed by atoms with van der Waals surface area (Å²) >= 11 is 11.8. The van der Waals surface area contributed by atoms with Crippen molar-refractivity contribution in [1.82, 2.24) is 4.90 Å². The molecule has 1 aromatic rings. The van der Waals surface area contributed by atoms with Gasteiger partial charge >= 0.3 is 0 Å². The highest BCUT2D eigenvalue weighted by Gasteiger charge is 2.30. The van der Waals surface area contributed by atoms with Gasteiger partial charge in [-0.05, 0) is 37.0 Å². The lowest BCUT2D eigenvalue weighted by Crippen LogP contribution is -2.34. The van der Waals surface area contributed by atoms with Crippen molar-refractivity contribution in [2.45, 2.75) is 32.7 Å². The minimum atomic E-state index is 0.117. The van der Waals surface area contributed by atoms with E-state index in [0.29, 0.717) is 34.1 Å². The minimum Gasteiger partial charge on any atom is -0.293 e. The number of carbonyl (C=O) groups excluding carboxylic acids is 1. The second-order valence-corrected chi connectivity index (χ2v) is 6.42. The molecule has 0 aliphatic heterocycles.